The van der Waals surface area contributed by atoms with Gasteiger partial charge in [-0.25, -0.2) is 19.0 Å². The molecule has 204 valence electrons. The highest BCUT2D eigenvalue weighted by atomic mass is 35.5. The van der Waals surface area contributed by atoms with E-state index in [0.717, 1.165) is 22.5 Å². The van der Waals surface area contributed by atoms with Crippen LogP contribution in [0.2, 0.25) is 5.02 Å². The number of piperazine rings is 1. The van der Waals surface area contributed by atoms with Crippen LogP contribution in [-0.4, -0.2) is 61.1 Å². The third kappa shape index (κ3) is 4.85. The van der Waals surface area contributed by atoms with E-state index in [1.54, 1.807) is 16.6 Å². The molecule has 1 aliphatic rings. The largest absolute Gasteiger partial charge is 0.487 e. The molecule has 1 atom stereocenters. The molecule has 8 nitrogen and oxygen atoms in total. The number of nitrogens with zero attached hydrogens (tertiary/aromatic N) is 6. The van der Waals surface area contributed by atoms with Crippen molar-refractivity contribution in [3.8, 4) is 17.1 Å². The Hall–Kier alpha value is -3.56. The lowest BCUT2D eigenvalue weighted by Gasteiger charge is -2.48. The molecule has 5 rings (SSSR count). The van der Waals surface area contributed by atoms with Crippen molar-refractivity contribution >= 4 is 28.4 Å². The lowest BCUT2D eigenvalue weighted by Crippen LogP contribution is -2.62. The standard InChI is InChI=1S/C29H32ClFN6O2/c1-17-12-22(27-32-16-33-36(27)6)20-8-7-9-25(26(20)34-17)39-15-23-21(13-19(31)14-24(23)30)18(2)37-11-10-35(5)28(38)29(37,3)4/h7-9,12-14,16,18H,10-11,15H2,1-6H3. The molecule has 1 unspecified atom stereocenters. The molecule has 1 amide bonds. The van der Waals surface area contributed by atoms with Gasteiger partial charge in [-0.2, -0.15) is 5.10 Å². The zero-order valence-corrected chi connectivity index (χ0v) is 23.8. The second-order valence-corrected chi connectivity index (χ2v) is 11.0. The number of ether oxygens (including phenoxy) is 1. The molecule has 0 N–H and O–H groups in total. The average Bonchev–Trinajstić information content (AvgIpc) is 3.31. The van der Waals surface area contributed by atoms with Gasteiger partial charge in [-0.15, -0.1) is 0 Å². The highest BCUT2D eigenvalue weighted by molar-refractivity contribution is 6.31. The fourth-order valence-electron chi connectivity index (χ4n) is 5.56. The van der Waals surface area contributed by atoms with Gasteiger partial charge in [0.15, 0.2) is 5.82 Å². The minimum atomic E-state index is -0.753. The van der Waals surface area contributed by atoms with Crippen molar-refractivity contribution in [2.45, 2.75) is 45.9 Å². The Kier molecular flexibility index (Phi) is 7.07. The first-order chi connectivity index (χ1) is 18.5. The van der Waals surface area contributed by atoms with Gasteiger partial charge in [-0.3, -0.25) is 9.69 Å². The lowest BCUT2D eigenvalue weighted by molar-refractivity contribution is -0.149. The van der Waals surface area contributed by atoms with Crippen LogP contribution < -0.4 is 4.74 Å². The first kappa shape index (κ1) is 27.0. The molecule has 0 saturated carbocycles. The molecule has 4 aromatic rings. The van der Waals surface area contributed by atoms with E-state index in [2.05, 4.69) is 15.0 Å². The Balaban J connectivity index is 1.52. The van der Waals surface area contributed by atoms with Crippen molar-refractivity contribution in [1.82, 2.24) is 29.5 Å². The molecule has 0 bridgehead atoms. The number of benzene rings is 2. The van der Waals surface area contributed by atoms with E-state index < -0.39 is 11.4 Å². The van der Waals surface area contributed by atoms with Crippen LogP contribution >= 0.6 is 11.6 Å². The summed E-state index contributed by atoms with van der Waals surface area (Å²) in [5, 5.41) is 5.37. The Morgan fingerprint density at radius 3 is 2.67 bits per heavy atom. The zero-order valence-electron chi connectivity index (χ0n) is 23.0. The number of halogens is 2. The van der Waals surface area contributed by atoms with Gasteiger partial charge in [0.2, 0.25) is 5.91 Å². The summed E-state index contributed by atoms with van der Waals surface area (Å²) in [7, 11) is 3.65. The number of pyridine rings is 1. The minimum Gasteiger partial charge on any atom is -0.487 e. The normalized spacial score (nSPS) is 16.6. The van der Waals surface area contributed by atoms with Crippen LogP contribution in [0.5, 0.6) is 5.75 Å². The Bertz CT molecular complexity index is 1570. The molecule has 1 saturated heterocycles. The number of likely N-dealkylation sites (N-methyl/N-ethyl adjacent to an activating group) is 1. The van der Waals surface area contributed by atoms with Gasteiger partial charge < -0.3 is 9.64 Å². The number of carbonyl (C=O) groups excluding carboxylic acids is 1. The van der Waals surface area contributed by atoms with E-state index in [-0.39, 0.29) is 23.6 Å². The van der Waals surface area contributed by atoms with Crippen LogP contribution in [0, 0.1) is 12.7 Å². The molecular weight excluding hydrogens is 519 g/mol. The fraction of sp³-hybridized carbons (Fsp3) is 0.379. The molecule has 0 spiro atoms. The van der Waals surface area contributed by atoms with Crippen LogP contribution in [0.4, 0.5) is 4.39 Å². The molecule has 3 heterocycles. The van der Waals surface area contributed by atoms with Crippen LogP contribution in [0.25, 0.3) is 22.3 Å². The Labute approximate surface area is 232 Å². The monoisotopic (exact) mass is 550 g/mol. The smallest absolute Gasteiger partial charge is 0.242 e. The summed E-state index contributed by atoms with van der Waals surface area (Å²) in [6, 6.07) is 10.2. The zero-order chi connectivity index (χ0) is 28.1. The first-order valence-corrected chi connectivity index (χ1v) is 13.2. The molecule has 10 heteroatoms. The quantitative estimate of drug-likeness (QED) is 0.323. The first-order valence-electron chi connectivity index (χ1n) is 12.9. The van der Waals surface area contributed by atoms with Gasteiger partial charge in [-0.1, -0.05) is 23.7 Å². The summed E-state index contributed by atoms with van der Waals surface area (Å²) in [4.78, 5) is 26.0. The van der Waals surface area contributed by atoms with Crippen molar-refractivity contribution in [3.63, 3.8) is 0 Å². The number of amides is 1. The van der Waals surface area contributed by atoms with E-state index in [1.165, 1.54) is 18.5 Å². The van der Waals surface area contributed by atoms with E-state index in [1.807, 2.05) is 59.0 Å². The highest BCUT2D eigenvalue weighted by Gasteiger charge is 2.43. The topological polar surface area (TPSA) is 76.4 Å². The summed E-state index contributed by atoms with van der Waals surface area (Å²) in [6.07, 6.45) is 1.52. The average molecular weight is 551 g/mol. The van der Waals surface area contributed by atoms with Gasteiger partial charge in [-0.05, 0) is 57.5 Å². The molecule has 2 aromatic heterocycles. The van der Waals surface area contributed by atoms with Gasteiger partial charge >= 0.3 is 0 Å². The summed E-state index contributed by atoms with van der Waals surface area (Å²) in [6.45, 7) is 9.05. The third-order valence-corrected chi connectivity index (χ3v) is 7.97. The van der Waals surface area contributed by atoms with Crippen LogP contribution in [-0.2, 0) is 18.4 Å². The minimum absolute atomic E-state index is 0.0248. The highest BCUT2D eigenvalue weighted by Crippen LogP contribution is 2.37. The molecular formula is C29H32ClFN6O2. The van der Waals surface area contributed by atoms with Crippen LogP contribution in [0.15, 0.2) is 42.7 Å². The fourth-order valence-corrected chi connectivity index (χ4v) is 5.83. The Morgan fingerprint density at radius 2 is 1.95 bits per heavy atom. The second kappa shape index (κ2) is 10.2. The summed E-state index contributed by atoms with van der Waals surface area (Å²) in [5.41, 5.74) is 3.01. The SMILES string of the molecule is Cc1cc(-c2ncnn2C)c2cccc(OCc3c(Cl)cc(F)cc3C(C)N3CCN(C)C(=O)C3(C)C)c2n1. The van der Waals surface area contributed by atoms with Gasteiger partial charge in [0.1, 0.15) is 30.0 Å². The number of aromatic nitrogens is 4. The third-order valence-electron chi connectivity index (χ3n) is 7.63. The van der Waals surface area contributed by atoms with Gasteiger partial charge in [0.25, 0.3) is 0 Å². The number of fused-ring (bicyclic) bond motifs is 1. The van der Waals surface area contributed by atoms with Crippen molar-refractivity contribution in [2.75, 3.05) is 20.1 Å². The summed E-state index contributed by atoms with van der Waals surface area (Å²) < 4.78 is 22.7. The van der Waals surface area contributed by atoms with Gasteiger partial charge in [0, 0.05) is 55.4 Å². The maximum atomic E-state index is 14.7. The maximum Gasteiger partial charge on any atom is 0.242 e. The number of para-hydroxylation sites is 1. The number of hydrogen-bond acceptors (Lipinski definition) is 6. The van der Waals surface area contributed by atoms with Crippen molar-refractivity contribution in [3.05, 3.63) is 70.4 Å². The maximum absolute atomic E-state index is 14.7. The predicted molar refractivity (Wildman–Crippen MR) is 149 cm³/mol. The van der Waals surface area contributed by atoms with E-state index in [4.69, 9.17) is 21.3 Å². The molecule has 0 aliphatic carbocycles. The molecule has 39 heavy (non-hydrogen) atoms. The molecule has 2 aromatic carbocycles. The second-order valence-electron chi connectivity index (χ2n) is 10.6. The predicted octanol–water partition coefficient (Wildman–Crippen LogP) is 5.32. The molecule has 1 fully saturated rings. The van der Waals surface area contributed by atoms with Crippen molar-refractivity contribution < 1.29 is 13.9 Å². The molecule has 1 aliphatic heterocycles. The van der Waals surface area contributed by atoms with E-state index >= 15 is 0 Å². The Morgan fingerprint density at radius 1 is 1.18 bits per heavy atom. The number of aryl methyl sites for hydroxylation is 2. The van der Waals surface area contributed by atoms with Crippen LogP contribution in [0.3, 0.4) is 0 Å². The van der Waals surface area contributed by atoms with Crippen molar-refractivity contribution in [2.24, 2.45) is 7.05 Å². The number of carbonyl (C=O) groups is 1. The van der Waals surface area contributed by atoms with Crippen molar-refractivity contribution in [1.29, 1.82) is 0 Å². The van der Waals surface area contributed by atoms with Crippen LogP contribution in [0.1, 0.15) is 43.6 Å². The van der Waals surface area contributed by atoms with E-state index in [9.17, 15) is 9.18 Å². The summed E-state index contributed by atoms with van der Waals surface area (Å²) >= 11 is 6.61. The van der Waals surface area contributed by atoms with E-state index in [0.29, 0.717) is 35.5 Å². The summed E-state index contributed by atoms with van der Waals surface area (Å²) in [5.74, 6) is 0.898. The lowest BCUT2D eigenvalue weighted by atomic mass is 9.91. The number of hydrogen-bond donors (Lipinski definition) is 0. The van der Waals surface area contributed by atoms with Gasteiger partial charge in [0.05, 0.1) is 10.6 Å². The number of rotatable bonds is 6. The molecule has 0 radical (unpaired) electrons.